The predicted molar refractivity (Wildman–Crippen MR) is 156 cm³/mol. The summed E-state index contributed by atoms with van der Waals surface area (Å²) in [6, 6.07) is 7.70. The number of likely N-dealkylation sites (N-methyl/N-ethyl adjacent to an activating group) is 1. The maximum atomic E-state index is 15.0. The third-order valence-electron chi connectivity index (χ3n) is 5.88. The molecule has 0 saturated heterocycles. The fourth-order valence-corrected chi connectivity index (χ4v) is 3.96. The van der Waals surface area contributed by atoms with Gasteiger partial charge in [-0.15, -0.1) is 0 Å². The number of hydrogen-bond donors (Lipinski definition) is 1. The highest BCUT2D eigenvalue weighted by molar-refractivity contribution is 6.34. The molecule has 0 saturated carbocycles. The molecule has 4 rings (SSSR count). The van der Waals surface area contributed by atoms with E-state index in [1.807, 2.05) is 0 Å². The standard InChI is InChI=1S/C30H29ClF2N4O6/c1-30(2,3)43-29(39)37(4)10-11-41-27-15-22-17(12-26(27)40-5)24(7-9-35-22)42-25-14-20(32)23(13-21(25)33)36-28(38)18-16-34-8-6-19(18)31/h6-9,12-16H,10-11H2,1-5H3,(H,36,38). The molecule has 0 fully saturated rings. The van der Waals surface area contributed by atoms with Crippen LogP contribution < -0.4 is 19.5 Å². The molecule has 2 amide bonds. The average Bonchev–Trinajstić information content (AvgIpc) is 2.94. The number of carbonyl (C=O) groups excluding carboxylic acids is 2. The molecule has 43 heavy (non-hydrogen) atoms. The summed E-state index contributed by atoms with van der Waals surface area (Å²) in [5, 5.41) is 2.82. The van der Waals surface area contributed by atoms with Gasteiger partial charge in [0.15, 0.2) is 28.9 Å². The van der Waals surface area contributed by atoms with Crippen LogP contribution in [0.25, 0.3) is 10.9 Å². The number of halogens is 3. The average molecular weight is 615 g/mol. The van der Waals surface area contributed by atoms with Crippen LogP contribution in [0.4, 0.5) is 19.3 Å². The van der Waals surface area contributed by atoms with Gasteiger partial charge in [-0.05, 0) is 39.0 Å². The second-order valence-corrected chi connectivity index (χ2v) is 10.7. The lowest BCUT2D eigenvalue weighted by atomic mass is 10.1. The van der Waals surface area contributed by atoms with Gasteiger partial charge in [0.05, 0.1) is 35.4 Å². The van der Waals surface area contributed by atoms with Crippen LogP contribution in [0.3, 0.4) is 0 Å². The van der Waals surface area contributed by atoms with Gasteiger partial charge in [-0.3, -0.25) is 14.8 Å². The van der Waals surface area contributed by atoms with E-state index in [0.717, 1.165) is 12.1 Å². The summed E-state index contributed by atoms with van der Waals surface area (Å²) >= 11 is 5.99. The summed E-state index contributed by atoms with van der Waals surface area (Å²) in [4.78, 5) is 34.2. The second-order valence-electron chi connectivity index (χ2n) is 10.3. The van der Waals surface area contributed by atoms with E-state index >= 15 is 4.39 Å². The quantitative estimate of drug-likeness (QED) is 0.218. The molecule has 0 radical (unpaired) electrons. The van der Waals surface area contributed by atoms with Crippen LogP contribution in [-0.2, 0) is 4.74 Å². The maximum absolute atomic E-state index is 15.0. The minimum atomic E-state index is -0.937. The molecule has 10 nitrogen and oxygen atoms in total. The molecule has 226 valence electrons. The summed E-state index contributed by atoms with van der Waals surface area (Å²) in [5.41, 5.74) is -0.608. The van der Waals surface area contributed by atoms with Gasteiger partial charge in [0.25, 0.3) is 5.91 Å². The molecule has 0 aliphatic carbocycles. The van der Waals surface area contributed by atoms with Gasteiger partial charge in [-0.1, -0.05) is 11.6 Å². The summed E-state index contributed by atoms with van der Waals surface area (Å²) in [5.74, 6) is -2.21. The van der Waals surface area contributed by atoms with Gasteiger partial charge in [-0.2, -0.15) is 0 Å². The number of hydrogen-bond acceptors (Lipinski definition) is 8. The number of anilines is 1. The minimum Gasteiger partial charge on any atom is -0.493 e. The molecule has 4 aromatic rings. The molecule has 0 bridgehead atoms. The Bertz CT molecular complexity index is 1660. The van der Waals surface area contributed by atoms with Crippen LogP contribution in [-0.4, -0.2) is 59.8 Å². The van der Waals surface area contributed by atoms with Crippen molar-refractivity contribution < 1.29 is 37.3 Å². The molecular formula is C30H29ClF2N4O6. The molecule has 2 aromatic carbocycles. The molecular weight excluding hydrogens is 586 g/mol. The van der Waals surface area contributed by atoms with Crippen LogP contribution >= 0.6 is 11.6 Å². The SMILES string of the molecule is COc1cc2c(Oc3cc(F)c(NC(=O)c4cnccc4Cl)cc3F)ccnc2cc1OCCN(C)C(=O)OC(C)(C)C. The van der Waals surface area contributed by atoms with Crippen molar-refractivity contribution in [1.82, 2.24) is 14.9 Å². The Morgan fingerprint density at radius 3 is 2.47 bits per heavy atom. The Balaban J connectivity index is 1.51. The van der Waals surface area contributed by atoms with E-state index in [9.17, 15) is 14.0 Å². The maximum Gasteiger partial charge on any atom is 0.410 e. The number of ether oxygens (including phenoxy) is 4. The highest BCUT2D eigenvalue weighted by Crippen LogP contribution is 2.38. The van der Waals surface area contributed by atoms with Crippen molar-refractivity contribution in [2.24, 2.45) is 0 Å². The zero-order chi connectivity index (χ0) is 31.3. The van der Waals surface area contributed by atoms with Gasteiger partial charge < -0.3 is 29.2 Å². The van der Waals surface area contributed by atoms with Gasteiger partial charge in [0.2, 0.25) is 0 Å². The fourth-order valence-electron chi connectivity index (χ4n) is 3.77. The van der Waals surface area contributed by atoms with E-state index in [4.69, 9.17) is 30.5 Å². The number of aromatic nitrogens is 2. The van der Waals surface area contributed by atoms with Gasteiger partial charge in [0.1, 0.15) is 18.0 Å². The lowest BCUT2D eigenvalue weighted by molar-refractivity contribution is 0.0278. The predicted octanol–water partition coefficient (Wildman–Crippen LogP) is 6.86. The Morgan fingerprint density at radius 1 is 1.00 bits per heavy atom. The van der Waals surface area contributed by atoms with Crippen LogP contribution in [0.1, 0.15) is 31.1 Å². The Morgan fingerprint density at radius 2 is 1.77 bits per heavy atom. The Labute approximate surface area is 251 Å². The molecule has 2 aromatic heterocycles. The van der Waals surface area contributed by atoms with E-state index in [1.54, 1.807) is 40.0 Å². The molecule has 2 heterocycles. The van der Waals surface area contributed by atoms with Gasteiger partial charge >= 0.3 is 6.09 Å². The third-order valence-corrected chi connectivity index (χ3v) is 6.21. The van der Waals surface area contributed by atoms with Gasteiger partial charge in [-0.25, -0.2) is 13.6 Å². The van der Waals surface area contributed by atoms with E-state index in [0.29, 0.717) is 22.4 Å². The van der Waals surface area contributed by atoms with Crippen molar-refractivity contribution in [2.75, 3.05) is 32.6 Å². The first-order chi connectivity index (χ1) is 20.4. The molecule has 0 atom stereocenters. The number of pyridine rings is 2. The zero-order valence-electron chi connectivity index (χ0n) is 24.0. The summed E-state index contributed by atoms with van der Waals surface area (Å²) in [6.45, 7) is 5.71. The number of carbonyl (C=O) groups is 2. The van der Waals surface area contributed by atoms with Crippen molar-refractivity contribution in [3.05, 3.63) is 77.2 Å². The number of amides is 2. The van der Waals surface area contributed by atoms with E-state index in [2.05, 4.69) is 15.3 Å². The number of methoxy groups -OCH3 is 1. The van der Waals surface area contributed by atoms with E-state index in [-0.39, 0.29) is 29.5 Å². The van der Waals surface area contributed by atoms with E-state index in [1.165, 1.54) is 42.7 Å². The lowest BCUT2D eigenvalue weighted by Gasteiger charge is -2.24. The van der Waals surface area contributed by atoms with Crippen molar-refractivity contribution in [1.29, 1.82) is 0 Å². The van der Waals surface area contributed by atoms with Crippen LogP contribution in [0, 0.1) is 11.6 Å². The Kier molecular flexibility index (Phi) is 9.50. The number of nitrogens with one attached hydrogen (secondary N) is 1. The lowest BCUT2D eigenvalue weighted by Crippen LogP contribution is -2.36. The number of rotatable bonds is 9. The van der Waals surface area contributed by atoms with Crippen LogP contribution in [0.5, 0.6) is 23.0 Å². The molecule has 13 heteroatoms. The van der Waals surface area contributed by atoms with Crippen molar-refractivity contribution in [3.63, 3.8) is 0 Å². The smallest absolute Gasteiger partial charge is 0.410 e. The summed E-state index contributed by atoms with van der Waals surface area (Å²) < 4.78 is 52.3. The summed E-state index contributed by atoms with van der Waals surface area (Å²) in [7, 11) is 3.04. The van der Waals surface area contributed by atoms with Crippen LogP contribution in [0.15, 0.2) is 55.0 Å². The molecule has 0 aliphatic rings. The first kappa shape index (κ1) is 31.2. The van der Waals surface area contributed by atoms with Crippen molar-refractivity contribution >= 4 is 40.2 Å². The molecule has 0 aliphatic heterocycles. The highest BCUT2D eigenvalue weighted by atomic mass is 35.5. The molecule has 0 spiro atoms. The van der Waals surface area contributed by atoms with Crippen molar-refractivity contribution in [2.45, 2.75) is 26.4 Å². The Hall–Kier alpha value is -4.71. The monoisotopic (exact) mass is 614 g/mol. The first-order valence-corrected chi connectivity index (χ1v) is 13.4. The zero-order valence-corrected chi connectivity index (χ0v) is 24.8. The molecule has 1 N–H and O–H groups in total. The minimum absolute atomic E-state index is 0.0000796. The second kappa shape index (κ2) is 13.1. The normalized spacial score (nSPS) is 11.2. The highest BCUT2D eigenvalue weighted by Gasteiger charge is 2.21. The summed E-state index contributed by atoms with van der Waals surface area (Å²) in [6.07, 6.45) is 3.56. The van der Waals surface area contributed by atoms with E-state index < -0.39 is 40.7 Å². The van der Waals surface area contributed by atoms with Crippen molar-refractivity contribution in [3.8, 4) is 23.0 Å². The topological polar surface area (TPSA) is 112 Å². The number of fused-ring (bicyclic) bond motifs is 1. The number of nitrogens with zero attached hydrogens (tertiary/aromatic N) is 3. The van der Waals surface area contributed by atoms with Gasteiger partial charge in [0, 0.05) is 49.2 Å². The van der Waals surface area contributed by atoms with Crippen LogP contribution in [0.2, 0.25) is 5.02 Å². The largest absolute Gasteiger partial charge is 0.493 e. The number of benzene rings is 2. The fraction of sp³-hybridized carbons (Fsp3) is 0.267. The first-order valence-electron chi connectivity index (χ1n) is 13.0. The molecule has 0 unspecified atom stereocenters. The third kappa shape index (κ3) is 7.77.